The Labute approximate surface area is 855 Å². The number of hydrogen-bond donors (Lipinski definition) is 3. The Morgan fingerprint density at radius 3 is 0.966 bits per heavy atom. The summed E-state index contributed by atoms with van der Waals surface area (Å²) in [4.78, 5) is 48.2. The van der Waals surface area contributed by atoms with Crippen molar-refractivity contribution in [2.45, 2.75) is 179 Å². The van der Waals surface area contributed by atoms with Crippen molar-refractivity contribution in [3.05, 3.63) is 351 Å². The zero-order chi connectivity index (χ0) is 101. The molecule has 10 unspecified atom stereocenters. The van der Waals surface area contributed by atoms with Crippen LogP contribution in [0, 0.1) is 0 Å². The first-order valence-corrected chi connectivity index (χ1v) is 53.7. The molecule has 12 heteroatoms. The molecule has 2 saturated carbocycles. The molecule has 0 amide bonds. The van der Waals surface area contributed by atoms with E-state index in [1.165, 1.54) is 171 Å². The summed E-state index contributed by atoms with van der Waals surface area (Å²) in [7, 11) is 2.96. The van der Waals surface area contributed by atoms with Crippen molar-refractivity contribution in [3.63, 3.8) is 0 Å². The van der Waals surface area contributed by atoms with Gasteiger partial charge in [-0.25, -0.2) is 0 Å². The minimum atomic E-state index is -1.67. The number of methoxy groups -OCH3 is 3. The van der Waals surface area contributed by atoms with Gasteiger partial charge in [-0.2, -0.15) is 0 Å². The predicted molar refractivity (Wildman–Crippen MR) is 597 cm³/mol. The highest BCUT2D eigenvalue weighted by atomic mass is 16.6. The molecule has 18 aliphatic carbocycles. The molecule has 38 rings (SSSR count). The molecule has 11 nitrogen and oxygen atoms in total. The van der Waals surface area contributed by atoms with Gasteiger partial charge in [-0.1, -0.05) is 270 Å². The molecule has 0 radical (unpaired) electrons. The van der Waals surface area contributed by atoms with Crippen LogP contribution in [0.4, 0.5) is 0 Å². The molecule has 0 bridgehead atoms. The molecular formula is C136H105BO11. The van der Waals surface area contributed by atoms with E-state index in [1.807, 2.05) is 12.1 Å². The molecule has 4 spiro atoms. The number of aliphatic hydroxyl groups is 2. The van der Waals surface area contributed by atoms with Crippen LogP contribution >= 0.6 is 0 Å². The number of Topliss-reactive ketones (excluding diaryl/α,β-unsaturated/α-hetero) is 1. The number of fused-ring (bicyclic) bond motifs is 2. The number of benzene rings is 16. The number of ketones is 1. The zero-order valence-corrected chi connectivity index (χ0v) is 83.9. The Bertz CT molecular complexity index is 10600. The van der Waals surface area contributed by atoms with Crippen LogP contribution in [-0.2, 0) is 81.4 Å². The second-order valence-electron chi connectivity index (χ2n) is 46.8. The molecule has 0 saturated heterocycles. The average Bonchev–Trinajstić information content (AvgIpc) is 1.38. The third-order valence-corrected chi connectivity index (χ3v) is 41.1. The Morgan fingerprint density at radius 1 is 0.338 bits per heavy atom. The molecule has 20 aromatic rings. The van der Waals surface area contributed by atoms with E-state index in [1.54, 1.807) is 161 Å². The zero-order valence-electron chi connectivity index (χ0n) is 85.9. The minimum Gasteiger partial charge on any atom is -0.469 e. The van der Waals surface area contributed by atoms with Gasteiger partial charge in [0.25, 0.3) is 7.98 Å². The summed E-state index contributed by atoms with van der Waals surface area (Å²) in [5, 5.41) is 77.5. The van der Waals surface area contributed by atoms with E-state index >= 15 is 0 Å². The Kier molecular flexibility index (Phi) is 15.9. The van der Waals surface area contributed by atoms with Crippen LogP contribution in [0.15, 0.2) is 243 Å². The number of ether oxygens (including phenoxy) is 4. The fourth-order valence-electron chi connectivity index (χ4n) is 37.2. The van der Waals surface area contributed by atoms with Crippen LogP contribution < -0.4 is 41.7 Å². The van der Waals surface area contributed by atoms with Gasteiger partial charge in [0.15, 0.2) is 0 Å². The Balaban J connectivity index is 0.0000000967. The number of rotatable bonds is 24. The molecule has 148 heavy (non-hydrogen) atoms. The minimum absolute atomic E-state index is 0.109. The van der Waals surface area contributed by atoms with Gasteiger partial charge in [-0.05, 0) is 373 Å². The maximum Gasteiger partial charge on any atom is 0.305 e. The van der Waals surface area contributed by atoms with E-state index in [0.717, 1.165) is 51.4 Å². The van der Waals surface area contributed by atoms with Crippen LogP contribution in [0.25, 0.3) is 195 Å². The SMILES string of the molecule is CC(=O)CCCC(C)(C)c1ccccc1.COC(=O)CCCC(C)(C)c1ccccc1.COC(=O)CCCC1(c2ccccc2)C23C4=c5ccc6c7c8c9c(c2c57)c2c5c7c(ccc%10c%11ccc%12c%13c(c9c2c(c%13%11)c7%10)C2C=%12C=CC=6C82)=C(C=C4)C513.COCCOC(=O)CCCC1(c2ccccc2)C23C4=c5ccc6c7c8c9c(c2c57)c2c5c7c(ccc%10c%11ccc%12c%13c(c9c2c(c%13%11)c7%10)C2C=%12C=CC=6C82)=C(C=C4)C513.OCCO.[2H]B([3H])O. The van der Waals surface area contributed by atoms with Gasteiger partial charge in [-0.3, -0.25) is 14.4 Å². The molecule has 718 valence electrons. The van der Waals surface area contributed by atoms with E-state index in [0.29, 0.717) is 68.4 Å². The van der Waals surface area contributed by atoms with Gasteiger partial charge >= 0.3 is 17.9 Å². The normalized spacial score (nSPS) is 24.2. The second-order valence-corrected chi connectivity index (χ2v) is 46.8. The van der Waals surface area contributed by atoms with Crippen molar-refractivity contribution >= 4 is 227 Å². The lowest BCUT2D eigenvalue weighted by Gasteiger charge is -2.35. The smallest absolute Gasteiger partial charge is 0.305 e. The third kappa shape index (κ3) is 8.70. The number of carbonyl (C=O) groups excluding carboxylic acids is 4. The van der Waals surface area contributed by atoms with Gasteiger partial charge in [-0.15, -0.1) is 0 Å². The predicted octanol–water partition coefficient (Wildman–Crippen LogP) is 20.2. The third-order valence-electron chi connectivity index (χ3n) is 41.1. The first-order valence-electron chi connectivity index (χ1n) is 54.8. The van der Waals surface area contributed by atoms with Crippen molar-refractivity contribution in [3.8, 4) is 0 Å². The Hall–Kier alpha value is -14.5. The van der Waals surface area contributed by atoms with E-state index in [4.69, 9.17) is 32.1 Å². The van der Waals surface area contributed by atoms with E-state index < -0.39 is 7.98 Å². The molecule has 0 heterocycles. The monoisotopic (exact) mass is 1930 g/mol. The molecule has 2 fully saturated rings. The number of carbonyl (C=O) groups is 4. The Morgan fingerprint density at radius 2 is 0.622 bits per heavy atom. The number of esters is 3. The number of hydrogen-bond acceptors (Lipinski definition) is 11. The summed E-state index contributed by atoms with van der Waals surface area (Å²) >= 11 is 0. The highest BCUT2D eigenvalue weighted by Crippen LogP contribution is 2.95. The van der Waals surface area contributed by atoms with Crippen molar-refractivity contribution in [1.82, 2.24) is 0 Å². The summed E-state index contributed by atoms with van der Waals surface area (Å²) in [5.74, 6) is 1.42. The average molecular weight is 1930 g/mol. The van der Waals surface area contributed by atoms with E-state index in [-0.39, 0.29) is 74.4 Å². The lowest BCUT2D eigenvalue weighted by molar-refractivity contribution is -0.145. The highest BCUT2D eigenvalue weighted by Gasteiger charge is 2.95. The fourth-order valence-corrected chi connectivity index (χ4v) is 37.2. The van der Waals surface area contributed by atoms with E-state index in [9.17, 15) is 19.2 Å². The van der Waals surface area contributed by atoms with Crippen LogP contribution in [0.2, 0.25) is 0 Å². The van der Waals surface area contributed by atoms with E-state index in [2.05, 4.69) is 263 Å². The lowest BCUT2D eigenvalue weighted by Crippen LogP contribution is -2.27. The van der Waals surface area contributed by atoms with Crippen molar-refractivity contribution < 1.29 is 53.4 Å². The van der Waals surface area contributed by atoms with Crippen molar-refractivity contribution in [2.24, 2.45) is 0 Å². The lowest BCUT2D eigenvalue weighted by atomic mass is 9.67. The molecule has 20 aromatic carbocycles. The summed E-state index contributed by atoms with van der Waals surface area (Å²) in [5.41, 5.74) is 29.4. The highest BCUT2D eigenvalue weighted by molar-refractivity contribution is 6.56. The largest absolute Gasteiger partial charge is 0.469 e. The maximum absolute atomic E-state index is 13.4. The second kappa shape index (κ2) is 28.1. The maximum atomic E-state index is 13.4. The summed E-state index contributed by atoms with van der Waals surface area (Å²) in [6.45, 7) is 11.0. The molecule has 3 N–H and O–H groups in total. The number of allylic oxidation sites excluding steroid dienone is 8. The van der Waals surface area contributed by atoms with Crippen LogP contribution in [0.3, 0.4) is 0 Å². The van der Waals surface area contributed by atoms with Crippen LogP contribution in [0.5, 0.6) is 0 Å². The summed E-state index contributed by atoms with van der Waals surface area (Å²) < 4.78 is 32.5. The standard InChI is InChI=1S/C54H30O3.C52H26O2.C14H20O2.C14H20O.C2H6O2.BH3O/c1-56-20-21-57-33(55)8-5-19-52(22-6-3-2-4-7-22)53-31-17-18-32-30-16-14-28-26-12-10-24-23-9-11-25-27-13-15-29(31)40-38(27)43-36(25)34(23)42-35(24)37(26)44-39(28)41(30)51(54(32,52)53)49-47(44)45(42)46(43)48(49)50(40)53;1-54-31(53)8-5-19-50(20-6-3-2-4-7-20)51-29-17-18-30-28-16-14-26-24-12-10-22-21-9-11-23-25-13-15-27(29)38-36(25)41-34(23)32(21)40-33(22)35(24)42-37(26)39(28)49(52(30,50)51)47-45(42)43(40)44(41)46(47)48(38)51;1-14(2,11-7-10-13(15)16-3)12-8-5-4-6-9-12;1-12(15)8-7-11-14(2,3)13-9-5-4-6-10-13;3-1-2-4;1-2/h2-4,6-7,9-18,34,36H,5,8,19-21H2,1H3;2-4,6-7,9-18,32,34H,5,8,19H2,1H3;4-6,8-9H,7,10-11H2,1-3H3;4-6,9-10H,7-8,11H2,1-3H3;3-4H,1-2H2;2H,1H2/i;;;;;1TD. The van der Waals surface area contributed by atoms with Crippen molar-refractivity contribution in [2.75, 3.05) is 47.8 Å². The summed E-state index contributed by atoms with van der Waals surface area (Å²) in [6.07, 6.45) is 29.6. The van der Waals surface area contributed by atoms with Crippen LogP contribution in [-0.4, -0.2) is 97.3 Å². The van der Waals surface area contributed by atoms with Crippen molar-refractivity contribution in [1.29, 1.82) is 2.67 Å². The quantitative estimate of drug-likeness (QED) is 0.0173. The first-order chi connectivity index (χ1) is 73.2. The molecule has 10 atom stereocenters. The summed E-state index contributed by atoms with van der Waals surface area (Å²) in [6, 6.07) is 74.1. The molecular weight excluding hydrogens is 1820 g/mol. The topological polar surface area (TPSA) is 166 Å². The molecule has 0 aliphatic heterocycles. The molecule has 0 aromatic heterocycles. The van der Waals surface area contributed by atoms with Gasteiger partial charge in [0.05, 0.1) is 34.0 Å². The first kappa shape index (κ1) is 83.5. The van der Waals surface area contributed by atoms with Crippen LogP contribution in [0.1, 0.15) is 202 Å². The molecule has 18 aliphatic rings. The number of aliphatic hydroxyl groups excluding tert-OH is 2. The van der Waals surface area contributed by atoms with Gasteiger partial charge in [0.1, 0.15) is 12.4 Å². The van der Waals surface area contributed by atoms with Gasteiger partial charge in [0.2, 0.25) is 0 Å². The fraction of sp³-hybridized carbons (Fsp3) is 0.265. The van der Waals surface area contributed by atoms with Gasteiger partial charge < -0.3 is 39.0 Å². The van der Waals surface area contributed by atoms with Gasteiger partial charge in [0, 0.05) is 91.6 Å².